The molecule has 0 aliphatic rings. The molecular formula is C16H17F2N. The van der Waals surface area contributed by atoms with E-state index in [-0.39, 0.29) is 6.04 Å². The normalized spacial score (nSPS) is 12.5. The van der Waals surface area contributed by atoms with Crippen LogP contribution in [0.15, 0.2) is 36.4 Å². The molecular weight excluding hydrogens is 244 g/mol. The zero-order chi connectivity index (χ0) is 14.0. The summed E-state index contributed by atoms with van der Waals surface area (Å²) in [7, 11) is 1.85. The van der Waals surface area contributed by atoms with Gasteiger partial charge >= 0.3 is 0 Å². The van der Waals surface area contributed by atoms with Crippen molar-refractivity contribution < 1.29 is 8.78 Å². The molecule has 1 atom stereocenters. The van der Waals surface area contributed by atoms with Crippen LogP contribution in [-0.4, -0.2) is 7.05 Å². The van der Waals surface area contributed by atoms with Gasteiger partial charge in [0, 0.05) is 17.7 Å². The predicted molar refractivity (Wildman–Crippen MR) is 74.0 cm³/mol. The molecule has 0 bridgehead atoms. The average Bonchev–Trinajstić information content (AvgIpc) is 2.42. The highest BCUT2D eigenvalue weighted by atomic mass is 19.1. The third-order valence-electron chi connectivity index (χ3n) is 3.40. The fourth-order valence-corrected chi connectivity index (χ4v) is 2.14. The fourth-order valence-electron chi connectivity index (χ4n) is 2.14. The minimum Gasteiger partial charge on any atom is -0.313 e. The van der Waals surface area contributed by atoms with E-state index in [4.69, 9.17) is 0 Å². The Balaban J connectivity index is 2.62. The Bertz CT molecular complexity index is 593. The first-order valence-corrected chi connectivity index (χ1v) is 6.26. The summed E-state index contributed by atoms with van der Waals surface area (Å²) in [4.78, 5) is 0. The van der Waals surface area contributed by atoms with Crippen molar-refractivity contribution in [1.82, 2.24) is 5.32 Å². The van der Waals surface area contributed by atoms with Crippen molar-refractivity contribution in [3.8, 4) is 11.1 Å². The molecule has 0 aromatic heterocycles. The monoisotopic (exact) mass is 261 g/mol. The number of hydrogen-bond acceptors (Lipinski definition) is 1. The van der Waals surface area contributed by atoms with E-state index in [1.165, 1.54) is 0 Å². The van der Waals surface area contributed by atoms with Gasteiger partial charge in [-0.15, -0.1) is 0 Å². The van der Waals surface area contributed by atoms with Crippen molar-refractivity contribution >= 4 is 0 Å². The Morgan fingerprint density at radius 1 is 1.00 bits per heavy atom. The van der Waals surface area contributed by atoms with Crippen LogP contribution in [0.3, 0.4) is 0 Å². The Morgan fingerprint density at radius 2 is 1.68 bits per heavy atom. The molecule has 0 radical (unpaired) electrons. The molecule has 100 valence electrons. The van der Waals surface area contributed by atoms with Crippen molar-refractivity contribution in [2.75, 3.05) is 7.05 Å². The van der Waals surface area contributed by atoms with Crippen LogP contribution in [0, 0.1) is 18.6 Å². The van der Waals surface area contributed by atoms with Gasteiger partial charge in [0.05, 0.1) is 0 Å². The zero-order valence-corrected chi connectivity index (χ0v) is 11.3. The van der Waals surface area contributed by atoms with Crippen molar-refractivity contribution in [3.05, 3.63) is 59.2 Å². The molecule has 2 aromatic rings. The Morgan fingerprint density at radius 3 is 2.37 bits per heavy atom. The van der Waals surface area contributed by atoms with Gasteiger partial charge < -0.3 is 5.32 Å². The largest absolute Gasteiger partial charge is 0.313 e. The maximum absolute atomic E-state index is 14.0. The molecule has 0 fully saturated rings. The van der Waals surface area contributed by atoms with E-state index in [2.05, 4.69) is 5.32 Å². The Labute approximate surface area is 112 Å². The lowest BCUT2D eigenvalue weighted by molar-refractivity contribution is 0.579. The topological polar surface area (TPSA) is 12.0 Å². The van der Waals surface area contributed by atoms with E-state index in [9.17, 15) is 8.78 Å². The predicted octanol–water partition coefficient (Wildman–Crippen LogP) is 4.22. The molecule has 0 amide bonds. The van der Waals surface area contributed by atoms with E-state index >= 15 is 0 Å². The number of halogens is 2. The van der Waals surface area contributed by atoms with Gasteiger partial charge in [-0.25, -0.2) is 8.78 Å². The van der Waals surface area contributed by atoms with Crippen molar-refractivity contribution in [3.63, 3.8) is 0 Å². The molecule has 0 aliphatic carbocycles. The average molecular weight is 261 g/mol. The van der Waals surface area contributed by atoms with Crippen LogP contribution in [0.25, 0.3) is 11.1 Å². The number of hydrogen-bond donors (Lipinski definition) is 1. The molecule has 0 saturated heterocycles. The lowest BCUT2D eigenvalue weighted by Gasteiger charge is -2.17. The van der Waals surface area contributed by atoms with Gasteiger partial charge in [-0.1, -0.05) is 24.3 Å². The summed E-state index contributed by atoms with van der Waals surface area (Å²) in [6.45, 7) is 3.65. The second-order valence-electron chi connectivity index (χ2n) is 4.68. The standard InChI is InChI=1S/C16H17F2N/c1-10-8-14(16(18)9-15(10)17)13-7-5-4-6-12(13)11(2)19-3/h4-9,11,19H,1-3H3. The number of rotatable bonds is 3. The molecule has 0 heterocycles. The summed E-state index contributed by atoms with van der Waals surface area (Å²) in [6, 6.07) is 10.2. The third-order valence-corrected chi connectivity index (χ3v) is 3.40. The summed E-state index contributed by atoms with van der Waals surface area (Å²) in [5, 5.41) is 3.14. The van der Waals surface area contributed by atoms with Crippen LogP contribution in [0.1, 0.15) is 24.1 Å². The van der Waals surface area contributed by atoms with E-state index < -0.39 is 11.6 Å². The second-order valence-corrected chi connectivity index (χ2v) is 4.68. The zero-order valence-electron chi connectivity index (χ0n) is 11.3. The molecule has 1 unspecified atom stereocenters. The molecule has 1 N–H and O–H groups in total. The lowest BCUT2D eigenvalue weighted by atomic mass is 9.94. The Hall–Kier alpha value is -1.74. The summed E-state index contributed by atoms with van der Waals surface area (Å²) in [6.07, 6.45) is 0. The van der Waals surface area contributed by atoms with E-state index in [1.807, 2.05) is 38.2 Å². The maximum atomic E-state index is 14.0. The number of benzene rings is 2. The summed E-state index contributed by atoms with van der Waals surface area (Å²) in [5.41, 5.74) is 2.68. The number of aryl methyl sites for hydroxylation is 1. The minimum atomic E-state index is -0.529. The highest BCUT2D eigenvalue weighted by Crippen LogP contribution is 2.31. The van der Waals surface area contributed by atoms with Gasteiger partial charge in [-0.3, -0.25) is 0 Å². The van der Waals surface area contributed by atoms with Crippen LogP contribution >= 0.6 is 0 Å². The second kappa shape index (κ2) is 5.49. The molecule has 0 saturated carbocycles. The van der Waals surface area contributed by atoms with Gasteiger partial charge in [0.15, 0.2) is 0 Å². The molecule has 1 nitrogen and oxygen atoms in total. The van der Waals surface area contributed by atoms with Crippen molar-refractivity contribution in [2.24, 2.45) is 0 Å². The molecule has 0 aliphatic heterocycles. The molecule has 19 heavy (non-hydrogen) atoms. The van der Waals surface area contributed by atoms with E-state index in [0.717, 1.165) is 17.2 Å². The van der Waals surface area contributed by atoms with Gasteiger partial charge in [0.1, 0.15) is 11.6 Å². The van der Waals surface area contributed by atoms with Crippen LogP contribution in [0.5, 0.6) is 0 Å². The number of nitrogens with one attached hydrogen (secondary N) is 1. The van der Waals surface area contributed by atoms with E-state index in [1.54, 1.807) is 13.0 Å². The van der Waals surface area contributed by atoms with Crippen LogP contribution < -0.4 is 5.32 Å². The Kier molecular flexibility index (Phi) is 3.96. The van der Waals surface area contributed by atoms with Gasteiger partial charge in [0.25, 0.3) is 0 Å². The SMILES string of the molecule is CNC(C)c1ccccc1-c1cc(C)c(F)cc1F. The van der Waals surface area contributed by atoms with Crippen LogP contribution in [-0.2, 0) is 0 Å². The molecule has 2 rings (SSSR count). The van der Waals surface area contributed by atoms with Gasteiger partial charge in [-0.05, 0) is 43.7 Å². The third kappa shape index (κ3) is 2.66. The first-order chi connectivity index (χ1) is 9.04. The maximum Gasteiger partial charge on any atom is 0.133 e. The minimum absolute atomic E-state index is 0.0981. The summed E-state index contributed by atoms with van der Waals surface area (Å²) in [5.74, 6) is -1.04. The first kappa shape index (κ1) is 13.7. The summed E-state index contributed by atoms with van der Waals surface area (Å²) < 4.78 is 27.4. The smallest absolute Gasteiger partial charge is 0.133 e. The first-order valence-electron chi connectivity index (χ1n) is 6.26. The van der Waals surface area contributed by atoms with Crippen molar-refractivity contribution in [1.29, 1.82) is 0 Å². The molecule has 2 aromatic carbocycles. The van der Waals surface area contributed by atoms with Crippen molar-refractivity contribution in [2.45, 2.75) is 19.9 Å². The molecule has 3 heteroatoms. The summed E-state index contributed by atoms with van der Waals surface area (Å²) >= 11 is 0. The molecule has 0 spiro atoms. The van der Waals surface area contributed by atoms with Crippen LogP contribution in [0.2, 0.25) is 0 Å². The van der Waals surface area contributed by atoms with Gasteiger partial charge in [0.2, 0.25) is 0 Å². The van der Waals surface area contributed by atoms with Gasteiger partial charge in [-0.2, -0.15) is 0 Å². The highest BCUT2D eigenvalue weighted by molar-refractivity contribution is 5.69. The fraction of sp³-hybridized carbons (Fsp3) is 0.250. The highest BCUT2D eigenvalue weighted by Gasteiger charge is 2.14. The van der Waals surface area contributed by atoms with E-state index in [0.29, 0.717) is 11.1 Å². The lowest BCUT2D eigenvalue weighted by Crippen LogP contribution is -2.13. The van der Waals surface area contributed by atoms with Crippen LogP contribution in [0.4, 0.5) is 8.78 Å². The quantitative estimate of drug-likeness (QED) is 0.872.